The van der Waals surface area contributed by atoms with E-state index in [0.29, 0.717) is 31.7 Å². The summed E-state index contributed by atoms with van der Waals surface area (Å²) in [6, 6.07) is 10.0. The zero-order valence-corrected chi connectivity index (χ0v) is 33.9. The molecule has 10 atom stereocenters. The lowest BCUT2D eigenvalue weighted by molar-refractivity contribution is -0.232. The van der Waals surface area contributed by atoms with Gasteiger partial charge in [0, 0.05) is 64.1 Å². The second-order valence-corrected chi connectivity index (χ2v) is 15.8. The standard InChI is InChI=1S/C40H54F3N7O12/c1-48(15-2-3-27(51)46-20-21-4-8-23(9-5-21)49-16-12-25(13-17-49)59-24-10-6-22(7-11-24)40(41,42)43)29(36(45)57)34(62-38-33(56)30(53)26(19-44)60-38)35-31(54)32(55)37(61-35)50-18-14-28(52)47-39(50)58/h4-11,25-26,29-35,37-38,53-56H,2-3,12-20,44H2,1H3,(H2,45,57)(H,46,51)(H,47,52,58)/t26-,29+,30-,31?,32-,33-,34+,35+,37-,38+/m1/s1. The van der Waals surface area contributed by atoms with E-state index in [1.165, 1.54) is 24.1 Å². The average Bonchev–Trinajstić information content (AvgIpc) is 3.68. The number of carbonyl (C=O) groups is 4. The molecule has 0 spiro atoms. The SMILES string of the molecule is CN(CCCC(=O)NCc1ccc(N2CCC(Oc3ccc(C(F)(F)F)cc3)CC2)cc1)[C@H](C(N)=O)[C@H](O[C@@H]1O[C@H](CN)[C@@H](O)[C@H]1O)[C@H]1O[C@@H](N2CCC(=O)NC2=O)[C@H](O)C1O. The molecular weight excluding hydrogens is 827 g/mol. The maximum atomic E-state index is 13.1. The first-order chi connectivity index (χ1) is 29.4. The molecule has 1 unspecified atom stereocenters. The number of aliphatic hydroxyl groups excluding tert-OH is 4. The van der Waals surface area contributed by atoms with Crippen LogP contribution in [-0.2, 0) is 41.3 Å². The summed E-state index contributed by atoms with van der Waals surface area (Å²) in [4.78, 5) is 55.0. The first-order valence-corrected chi connectivity index (χ1v) is 20.4. The van der Waals surface area contributed by atoms with E-state index in [0.717, 1.165) is 28.3 Å². The van der Waals surface area contributed by atoms with E-state index in [1.807, 2.05) is 24.3 Å². The molecule has 4 saturated heterocycles. The minimum absolute atomic E-state index is 0.0316. The lowest BCUT2D eigenvalue weighted by atomic mass is 9.97. The molecule has 10 N–H and O–H groups in total. The fraction of sp³-hybridized carbons (Fsp3) is 0.600. The smallest absolute Gasteiger partial charge is 0.416 e. The number of halogens is 3. The van der Waals surface area contributed by atoms with Gasteiger partial charge in [-0.15, -0.1) is 0 Å². The van der Waals surface area contributed by atoms with Crippen LogP contribution in [0.5, 0.6) is 5.75 Å². The fourth-order valence-electron chi connectivity index (χ4n) is 8.06. The molecule has 0 bridgehead atoms. The summed E-state index contributed by atoms with van der Waals surface area (Å²) in [6.45, 7) is 1.35. The van der Waals surface area contributed by atoms with Gasteiger partial charge in [0.2, 0.25) is 17.7 Å². The number of carbonyl (C=O) groups excluding carboxylic acids is 4. The van der Waals surface area contributed by atoms with Gasteiger partial charge in [0.25, 0.3) is 0 Å². The summed E-state index contributed by atoms with van der Waals surface area (Å²) in [5.41, 5.74) is 12.6. The Morgan fingerprint density at radius 3 is 2.24 bits per heavy atom. The highest BCUT2D eigenvalue weighted by Gasteiger charge is 2.55. The van der Waals surface area contributed by atoms with E-state index in [1.54, 1.807) is 0 Å². The molecule has 0 radical (unpaired) electrons. The highest BCUT2D eigenvalue weighted by atomic mass is 19.4. The van der Waals surface area contributed by atoms with Crippen LogP contribution in [0.25, 0.3) is 0 Å². The Morgan fingerprint density at radius 2 is 1.65 bits per heavy atom. The van der Waals surface area contributed by atoms with Gasteiger partial charge < -0.3 is 61.1 Å². The van der Waals surface area contributed by atoms with Crippen LogP contribution in [-0.4, -0.2) is 161 Å². The monoisotopic (exact) mass is 881 g/mol. The molecule has 6 rings (SSSR count). The first kappa shape index (κ1) is 46.8. The third-order valence-corrected chi connectivity index (χ3v) is 11.5. The number of urea groups is 1. The van der Waals surface area contributed by atoms with Crippen LogP contribution in [0.4, 0.5) is 23.7 Å². The summed E-state index contributed by atoms with van der Waals surface area (Å²) in [6.07, 6.45) is -16.9. The van der Waals surface area contributed by atoms with Crippen molar-refractivity contribution in [2.75, 3.05) is 44.7 Å². The number of primary amides is 1. The first-order valence-electron chi connectivity index (χ1n) is 20.4. The summed E-state index contributed by atoms with van der Waals surface area (Å²) in [7, 11) is 1.50. The average molecular weight is 882 g/mol. The van der Waals surface area contributed by atoms with Gasteiger partial charge in [-0.3, -0.25) is 29.5 Å². The predicted molar refractivity (Wildman–Crippen MR) is 211 cm³/mol. The number of likely N-dealkylation sites (N-methyl/N-ethyl adjacent to an activating group) is 1. The molecule has 0 saturated carbocycles. The number of benzene rings is 2. The van der Waals surface area contributed by atoms with Crippen LogP contribution >= 0.6 is 0 Å². The quantitative estimate of drug-likeness (QED) is 0.0959. The van der Waals surface area contributed by atoms with Gasteiger partial charge >= 0.3 is 12.2 Å². The van der Waals surface area contributed by atoms with Crippen LogP contribution in [0.3, 0.4) is 0 Å². The highest BCUT2D eigenvalue weighted by molar-refractivity contribution is 5.96. The van der Waals surface area contributed by atoms with Gasteiger partial charge in [-0.05, 0) is 62.0 Å². The van der Waals surface area contributed by atoms with Crippen molar-refractivity contribution in [1.29, 1.82) is 0 Å². The number of nitrogens with zero attached hydrogens (tertiary/aromatic N) is 3. The van der Waals surface area contributed by atoms with E-state index in [-0.39, 0.29) is 57.5 Å². The van der Waals surface area contributed by atoms with Crippen molar-refractivity contribution in [2.45, 2.75) is 112 Å². The fourth-order valence-corrected chi connectivity index (χ4v) is 8.06. The van der Waals surface area contributed by atoms with Crippen molar-refractivity contribution in [3.05, 3.63) is 59.7 Å². The number of nitrogens with one attached hydrogen (secondary N) is 2. The Balaban J connectivity index is 1.00. The number of alkyl halides is 3. The van der Waals surface area contributed by atoms with E-state index in [4.69, 9.17) is 30.4 Å². The zero-order chi connectivity index (χ0) is 44.9. The van der Waals surface area contributed by atoms with Crippen LogP contribution in [0.2, 0.25) is 0 Å². The van der Waals surface area contributed by atoms with Crippen molar-refractivity contribution in [3.8, 4) is 5.75 Å². The number of imide groups is 1. The molecule has 0 aliphatic carbocycles. The highest BCUT2D eigenvalue weighted by Crippen LogP contribution is 2.34. The minimum atomic E-state index is -4.41. The van der Waals surface area contributed by atoms with Crippen molar-refractivity contribution >= 4 is 29.4 Å². The van der Waals surface area contributed by atoms with E-state index in [9.17, 15) is 52.8 Å². The molecule has 4 heterocycles. The molecule has 22 heteroatoms. The third kappa shape index (κ3) is 11.1. The van der Waals surface area contributed by atoms with Crippen molar-refractivity contribution < 1.29 is 71.7 Å². The van der Waals surface area contributed by atoms with E-state index >= 15 is 0 Å². The number of rotatable bonds is 17. The molecule has 0 aromatic heterocycles. The molecular formula is C40H54F3N7O12. The van der Waals surface area contributed by atoms with Crippen LogP contribution in [0, 0.1) is 0 Å². The van der Waals surface area contributed by atoms with E-state index in [2.05, 4.69) is 15.5 Å². The molecule has 5 amide bonds. The van der Waals surface area contributed by atoms with Gasteiger partial charge in [-0.1, -0.05) is 12.1 Å². The zero-order valence-electron chi connectivity index (χ0n) is 33.9. The molecule has 342 valence electrons. The van der Waals surface area contributed by atoms with Crippen molar-refractivity contribution in [1.82, 2.24) is 20.4 Å². The van der Waals surface area contributed by atoms with Gasteiger partial charge in [0.05, 0.1) is 5.56 Å². The van der Waals surface area contributed by atoms with Gasteiger partial charge in [0.1, 0.15) is 60.6 Å². The Kier molecular flexibility index (Phi) is 15.3. The number of piperidine rings is 1. The summed E-state index contributed by atoms with van der Waals surface area (Å²) in [5.74, 6) is -1.41. The molecule has 4 aliphatic heterocycles. The van der Waals surface area contributed by atoms with Gasteiger partial charge in [0.15, 0.2) is 12.5 Å². The Hall–Kier alpha value is -4.65. The number of ether oxygens (including phenoxy) is 4. The second-order valence-electron chi connectivity index (χ2n) is 15.8. The molecule has 4 aliphatic rings. The van der Waals surface area contributed by atoms with Gasteiger partial charge in [-0.25, -0.2) is 4.79 Å². The molecule has 2 aromatic rings. The predicted octanol–water partition coefficient (Wildman–Crippen LogP) is -0.885. The topological polar surface area (TPSA) is 272 Å². The molecule has 4 fully saturated rings. The lowest BCUT2D eigenvalue weighted by Gasteiger charge is -2.38. The molecule has 19 nitrogen and oxygen atoms in total. The summed E-state index contributed by atoms with van der Waals surface area (Å²) < 4.78 is 62.2. The Bertz CT molecular complexity index is 1860. The molecule has 62 heavy (non-hydrogen) atoms. The van der Waals surface area contributed by atoms with E-state index < -0.39 is 90.9 Å². The number of anilines is 1. The molecule has 2 aromatic carbocycles. The maximum absolute atomic E-state index is 13.1. The van der Waals surface area contributed by atoms with Crippen LogP contribution in [0.15, 0.2) is 48.5 Å². The maximum Gasteiger partial charge on any atom is 0.416 e. The number of aliphatic hydroxyl groups is 4. The van der Waals surface area contributed by atoms with Crippen molar-refractivity contribution in [2.24, 2.45) is 11.5 Å². The van der Waals surface area contributed by atoms with Crippen LogP contribution in [0.1, 0.15) is 43.2 Å². The summed E-state index contributed by atoms with van der Waals surface area (Å²) in [5, 5.41) is 48.4. The number of hydrogen-bond donors (Lipinski definition) is 8. The normalized spacial score (nSPS) is 28.2. The minimum Gasteiger partial charge on any atom is -0.490 e. The Morgan fingerprint density at radius 1 is 0.968 bits per heavy atom. The van der Waals surface area contributed by atoms with Crippen LogP contribution < -0.4 is 31.7 Å². The number of hydrogen-bond acceptors (Lipinski definition) is 15. The third-order valence-electron chi connectivity index (χ3n) is 11.5. The largest absolute Gasteiger partial charge is 0.490 e. The number of amides is 5. The van der Waals surface area contributed by atoms with Crippen molar-refractivity contribution in [3.63, 3.8) is 0 Å². The van der Waals surface area contributed by atoms with Gasteiger partial charge in [-0.2, -0.15) is 13.2 Å². The number of nitrogens with two attached hydrogens (primary N) is 2. The second kappa shape index (κ2) is 20.2. The lowest BCUT2D eigenvalue weighted by Crippen LogP contribution is -2.59. The Labute approximate surface area is 355 Å². The summed E-state index contributed by atoms with van der Waals surface area (Å²) >= 11 is 0.